The SMILES string of the molecule is Cc1ccc(C)c(Cn2c(C(=O)NCCc3ccccn3)cc3cc(NC(=O)c4ccc(C)c(C)c4)ccc32)c1. The molecular weight excluding hydrogens is 496 g/mol. The Morgan fingerprint density at radius 3 is 2.40 bits per heavy atom. The van der Waals surface area contributed by atoms with E-state index in [9.17, 15) is 9.59 Å². The van der Waals surface area contributed by atoms with Gasteiger partial charge in [-0.2, -0.15) is 0 Å². The number of aromatic nitrogens is 2. The third kappa shape index (κ3) is 5.96. The van der Waals surface area contributed by atoms with Crippen molar-refractivity contribution in [2.24, 2.45) is 0 Å². The molecule has 0 bridgehead atoms. The molecule has 0 saturated carbocycles. The number of carbonyl (C=O) groups excluding carboxylic acids is 2. The quantitative estimate of drug-likeness (QED) is 0.239. The molecule has 0 unspecified atom stereocenters. The summed E-state index contributed by atoms with van der Waals surface area (Å²) in [7, 11) is 0. The molecule has 2 amide bonds. The maximum atomic E-state index is 13.5. The van der Waals surface area contributed by atoms with Gasteiger partial charge in [0.15, 0.2) is 0 Å². The summed E-state index contributed by atoms with van der Waals surface area (Å²) in [6.45, 7) is 9.24. The van der Waals surface area contributed by atoms with Crippen LogP contribution in [-0.4, -0.2) is 27.9 Å². The fourth-order valence-electron chi connectivity index (χ4n) is 4.87. The topological polar surface area (TPSA) is 76.0 Å². The van der Waals surface area contributed by atoms with Gasteiger partial charge in [-0.15, -0.1) is 0 Å². The minimum absolute atomic E-state index is 0.141. The van der Waals surface area contributed by atoms with E-state index < -0.39 is 0 Å². The molecule has 0 saturated heterocycles. The van der Waals surface area contributed by atoms with Crippen molar-refractivity contribution >= 4 is 28.4 Å². The summed E-state index contributed by atoms with van der Waals surface area (Å²) in [6, 6.07) is 25.6. The zero-order valence-corrected chi connectivity index (χ0v) is 23.4. The Bertz CT molecular complexity index is 1700. The molecule has 40 heavy (non-hydrogen) atoms. The number of anilines is 1. The highest BCUT2D eigenvalue weighted by molar-refractivity contribution is 6.06. The molecule has 0 radical (unpaired) electrons. The van der Waals surface area contributed by atoms with Crippen LogP contribution in [0, 0.1) is 27.7 Å². The summed E-state index contributed by atoms with van der Waals surface area (Å²) in [6.07, 6.45) is 2.41. The number of pyridine rings is 1. The third-order valence-corrected chi connectivity index (χ3v) is 7.39. The van der Waals surface area contributed by atoms with Gasteiger partial charge in [-0.25, -0.2) is 0 Å². The first-order valence-corrected chi connectivity index (χ1v) is 13.5. The van der Waals surface area contributed by atoms with E-state index in [4.69, 9.17) is 0 Å². The van der Waals surface area contributed by atoms with Gasteiger partial charge in [0.2, 0.25) is 0 Å². The summed E-state index contributed by atoms with van der Waals surface area (Å²) < 4.78 is 2.06. The van der Waals surface area contributed by atoms with Crippen molar-refractivity contribution in [1.82, 2.24) is 14.9 Å². The molecule has 2 aromatic heterocycles. The van der Waals surface area contributed by atoms with E-state index in [1.165, 1.54) is 11.1 Å². The second-order valence-corrected chi connectivity index (χ2v) is 10.4. The van der Waals surface area contributed by atoms with E-state index >= 15 is 0 Å². The first-order chi connectivity index (χ1) is 19.3. The van der Waals surface area contributed by atoms with Crippen LogP contribution in [0.3, 0.4) is 0 Å². The molecule has 5 aromatic rings. The zero-order valence-electron chi connectivity index (χ0n) is 23.4. The highest BCUT2D eigenvalue weighted by Gasteiger charge is 2.18. The first-order valence-electron chi connectivity index (χ1n) is 13.5. The molecule has 2 N–H and O–H groups in total. The molecule has 0 aliphatic heterocycles. The average Bonchev–Trinajstić information content (AvgIpc) is 3.30. The maximum Gasteiger partial charge on any atom is 0.267 e. The number of fused-ring (bicyclic) bond motifs is 1. The summed E-state index contributed by atoms with van der Waals surface area (Å²) in [5, 5.41) is 6.97. The number of hydrogen-bond acceptors (Lipinski definition) is 3. The van der Waals surface area contributed by atoms with Gasteiger partial charge in [-0.05, 0) is 98.5 Å². The molecule has 0 aliphatic carbocycles. The van der Waals surface area contributed by atoms with Crippen LogP contribution in [0.1, 0.15) is 54.4 Å². The Labute approximate surface area is 235 Å². The molecule has 0 spiro atoms. The van der Waals surface area contributed by atoms with E-state index in [0.29, 0.717) is 36.5 Å². The first kappa shape index (κ1) is 26.9. The molecule has 0 aliphatic rings. The van der Waals surface area contributed by atoms with Gasteiger partial charge >= 0.3 is 0 Å². The fraction of sp³-hybridized carbons (Fsp3) is 0.206. The van der Waals surface area contributed by atoms with Crippen molar-refractivity contribution in [1.29, 1.82) is 0 Å². The molecular formula is C34H34N4O2. The van der Waals surface area contributed by atoms with Crippen molar-refractivity contribution < 1.29 is 9.59 Å². The van der Waals surface area contributed by atoms with Crippen LogP contribution in [0.5, 0.6) is 0 Å². The van der Waals surface area contributed by atoms with Crippen LogP contribution in [0.15, 0.2) is 85.1 Å². The lowest BCUT2D eigenvalue weighted by Crippen LogP contribution is -2.28. The van der Waals surface area contributed by atoms with Gasteiger partial charge < -0.3 is 15.2 Å². The lowest BCUT2D eigenvalue weighted by molar-refractivity contribution is 0.0945. The van der Waals surface area contributed by atoms with E-state index in [1.807, 2.05) is 74.5 Å². The molecule has 6 nitrogen and oxygen atoms in total. The van der Waals surface area contributed by atoms with Gasteiger partial charge in [0.05, 0.1) is 0 Å². The number of benzene rings is 3. The van der Waals surface area contributed by atoms with Crippen molar-refractivity contribution in [3.63, 3.8) is 0 Å². The minimum Gasteiger partial charge on any atom is -0.350 e. The predicted octanol–water partition coefficient (Wildman–Crippen LogP) is 6.54. The minimum atomic E-state index is -0.162. The number of rotatable bonds is 8. The van der Waals surface area contributed by atoms with Crippen LogP contribution in [0.25, 0.3) is 10.9 Å². The van der Waals surface area contributed by atoms with Crippen LogP contribution >= 0.6 is 0 Å². The second-order valence-electron chi connectivity index (χ2n) is 10.4. The predicted molar refractivity (Wildman–Crippen MR) is 161 cm³/mol. The Balaban J connectivity index is 1.44. The lowest BCUT2D eigenvalue weighted by atomic mass is 10.1. The van der Waals surface area contributed by atoms with Gasteiger partial charge in [-0.1, -0.05) is 35.9 Å². The van der Waals surface area contributed by atoms with E-state index in [0.717, 1.165) is 33.3 Å². The normalized spacial score (nSPS) is 11.0. The second kappa shape index (κ2) is 11.6. The average molecular weight is 531 g/mol. The van der Waals surface area contributed by atoms with Crippen molar-refractivity contribution in [2.45, 2.75) is 40.7 Å². The Morgan fingerprint density at radius 1 is 0.800 bits per heavy atom. The number of carbonyl (C=O) groups is 2. The van der Waals surface area contributed by atoms with Gasteiger partial charge in [0, 0.05) is 53.6 Å². The lowest BCUT2D eigenvalue weighted by Gasteiger charge is -2.14. The van der Waals surface area contributed by atoms with Crippen molar-refractivity contribution in [3.8, 4) is 0 Å². The van der Waals surface area contributed by atoms with E-state index in [2.05, 4.69) is 52.2 Å². The maximum absolute atomic E-state index is 13.5. The number of amides is 2. The van der Waals surface area contributed by atoms with Crippen LogP contribution in [0.4, 0.5) is 5.69 Å². The largest absolute Gasteiger partial charge is 0.350 e. The molecule has 0 fully saturated rings. The molecule has 3 aromatic carbocycles. The molecule has 0 atom stereocenters. The molecule has 5 rings (SSSR count). The smallest absolute Gasteiger partial charge is 0.267 e. The molecule has 2 heterocycles. The summed E-state index contributed by atoms with van der Waals surface area (Å²) in [5.74, 6) is -0.303. The highest BCUT2D eigenvalue weighted by Crippen LogP contribution is 2.26. The van der Waals surface area contributed by atoms with E-state index in [1.54, 1.807) is 6.20 Å². The third-order valence-electron chi connectivity index (χ3n) is 7.39. The molecule has 202 valence electrons. The summed E-state index contributed by atoms with van der Waals surface area (Å²) >= 11 is 0. The van der Waals surface area contributed by atoms with Crippen LogP contribution in [0.2, 0.25) is 0 Å². The number of nitrogens with zero attached hydrogens (tertiary/aromatic N) is 2. The van der Waals surface area contributed by atoms with Gasteiger partial charge in [0.25, 0.3) is 11.8 Å². The van der Waals surface area contributed by atoms with Gasteiger partial charge in [-0.3, -0.25) is 14.6 Å². The monoisotopic (exact) mass is 530 g/mol. The Kier molecular flexibility index (Phi) is 7.78. The Hall–Kier alpha value is -4.71. The number of hydrogen-bond donors (Lipinski definition) is 2. The summed E-state index contributed by atoms with van der Waals surface area (Å²) in [5.41, 5.74) is 9.47. The van der Waals surface area contributed by atoms with Crippen LogP contribution < -0.4 is 10.6 Å². The van der Waals surface area contributed by atoms with Crippen molar-refractivity contribution in [2.75, 3.05) is 11.9 Å². The zero-order chi connectivity index (χ0) is 28.2. The standard InChI is InChI=1S/C34H34N4O2/c1-22-8-9-24(3)28(17-22)21-38-31-13-12-30(37-33(39)26-11-10-23(2)25(4)18-26)19-27(31)20-32(38)34(40)36-16-14-29-7-5-6-15-35-29/h5-13,15,17-20H,14,16,21H2,1-4H3,(H,36,40)(H,37,39). The highest BCUT2D eigenvalue weighted by atomic mass is 16.2. The molecule has 6 heteroatoms. The fourth-order valence-corrected chi connectivity index (χ4v) is 4.87. The van der Waals surface area contributed by atoms with Crippen LogP contribution in [-0.2, 0) is 13.0 Å². The number of aryl methyl sites for hydroxylation is 4. The Morgan fingerprint density at radius 2 is 1.62 bits per heavy atom. The summed E-state index contributed by atoms with van der Waals surface area (Å²) in [4.78, 5) is 30.8. The van der Waals surface area contributed by atoms with Gasteiger partial charge in [0.1, 0.15) is 5.69 Å². The van der Waals surface area contributed by atoms with E-state index in [-0.39, 0.29) is 11.8 Å². The number of nitrogens with one attached hydrogen (secondary N) is 2. The van der Waals surface area contributed by atoms with Crippen molar-refractivity contribution in [3.05, 3.63) is 130 Å².